The Morgan fingerprint density at radius 3 is 2.48 bits per heavy atom. The third-order valence-corrected chi connectivity index (χ3v) is 4.72. The van der Waals surface area contributed by atoms with Crippen LogP contribution in [0.2, 0.25) is 0 Å². The van der Waals surface area contributed by atoms with Gasteiger partial charge in [-0.05, 0) is 41.2 Å². The van der Waals surface area contributed by atoms with Gasteiger partial charge in [0, 0.05) is 12.5 Å². The zero-order valence-electron chi connectivity index (χ0n) is 17.3. The molecule has 2 aromatic carbocycles. The summed E-state index contributed by atoms with van der Waals surface area (Å²) in [5, 5.41) is 2.62. The number of halogens is 1. The molecule has 1 heterocycles. The Balaban J connectivity index is 1.73. The molecule has 0 saturated carbocycles. The Morgan fingerprint density at radius 1 is 1.21 bits per heavy atom. The second-order valence-electron chi connectivity index (χ2n) is 8.65. The first-order valence-corrected chi connectivity index (χ1v) is 9.74. The van der Waals surface area contributed by atoms with Crippen LogP contribution < -0.4 is 10.2 Å². The summed E-state index contributed by atoms with van der Waals surface area (Å²) in [5.41, 5.74) is 3.11. The maximum absolute atomic E-state index is 14.8. The number of hydrogen-bond donors (Lipinski definition) is 1. The normalized spacial score (nSPS) is 16.7. The molecule has 0 aromatic heterocycles. The molecule has 0 bridgehead atoms. The average Bonchev–Trinajstić information content (AvgIpc) is 3.00. The van der Waals surface area contributed by atoms with Crippen molar-refractivity contribution in [3.05, 3.63) is 53.8 Å². The Morgan fingerprint density at radius 2 is 1.90 bits per heavy atom. The molecule has 1 N–H and O–H groups in total. The maximum Gasteiger partial charge on any atom is 0.414 e. The number of cyclic esters (lactones) is 1. The van der Waals surface area contributed by atoms with Crippen molar-refractivity contribution in [3.8, 4) is 11.1 Å². The molecule has 29 heavy (non-hydrogen) atoms. The molecule has 154 valence electrons. The Hall–Kier alpha value is -2.89. The summed E-state index contributed by atoms with van der Waals surface area (Å²) >= 11 is 0. The van der Waals surface area contributed by atoms with Gasteiger partial charge in [0.15, 0.2) is 0 Å². The molecular formula is C23H27FN2O3. The van der Waals surface area contributed by atoms with Crippen molar-refractivity contribution in [2.75, 3.05) is 18.0 Å². The van der Waals surface area contributed by atoms with Crippen molar-refractivity contribution in [2.45, 2.75) is 40.2 Å². The van der Waals surface area contributed by atoms with Crippen LogP contribution in [-0.4, -0.2) is 31.2 Å². The third kappa shape index (κ3) is 5.34. The lowest BCUT2D eigenvalue weighted by Crippen LogP contribution is -2.33. The van der Waals surface area contributed by atoms with Crippen LogP contribution in [0.3, 0.4) is 0 Å². The van der Waals surface area contributed by atoms with Crippen molar-refractivity contribution in [1.29, 1.82) is 0 Å². The highest BCUT2D eigenvalue weighted by atomic mass is 19.1. The summed E-state index contributed by atoms with van der Waals surface area (Å²) in [7, 11) is 0. The van der Waals surface area contributed by atoms with E-state index < -0.39 is 18.0 Å². The zero-order valence-corrected chi connectivity index (χ0v) is 17.3. The molecule has 6 heteroatoms. The van der Waals surface area contributed by atoms with Gasteiger partial charge in [-0.15, -0.1) is 0 Å². The molecule has 3 rings (SSSR count). The van der Waals surface area contributed by atoms with E-state index in [2.05, 4.69) is 26.1 Å². The van der Waals surface area contributed by atoms with Crippen LogP contribution in [0.15, 0.2) is 42.5 Å². The van der Waals surface area contributed by atoms with Crippen LogP contribution in [0.25, 0.3) is 11.1 Å². The summed E-state index contributed by atoms with van der Waals surface area (Å²) in [6.07, 6.45) is -0.0469. The SMILES string of the molecule is CC(=O)NCC1CN(c2ccc(-c3ccc(CC(C)(C)C)cc3)c(F)c2)C(=O)O1. The van der Waals surface area contributed by atoms with Gasteiger partial charge in [-0.25, -0.2) is 9.18 Å². The first-order valence-electron chi connectivity index (χ1n) is 9.74. The van der Waals surface area contributed by atoms with Gasteiger partial charge in [0.1, 0.15) is 11.9 Å². The Kier molecular flexibility index (Phi) is 5.91. The zero-order chi connectivity index (χ0) is 21.2. The monoisotopic (exact) mass is 398 g/mol. The lowest BCUT2D eigenvalue weighted by molar-refractivity contribution is -0.119. The number of nitrogens with one attached hydrogen (secondary N) is 1. The van der Waals surface area contributed by atoms with E-state index in [-0.39, 0.29) is 24.4 Å². The molecular weight excluding hydrogens is 371 g/mol. The molecule has 0 radical (unpaired) electrons. The van der Waals surface area contributed by atoms with Gasteiger partial charge in [0.05, 0.1) is 18.8 Å². The van der Waals surface area contributed by atoms with E-state index in [0.29, 0.717) is 11.3 Å². The Bertz CT molecular complexity index is 903. The van der Waals surface area contributed by atoms with Crippen LogP contribution in [0.4, 0.5) is 14.9 Å². The summed E-state index contributed by atoms with van der Waals surface area (Å²) in [6.45, 7) is 8.45. The summed E-state index contributed by atoms with van der Waals surface area (Å²) in [5.74, 6) is -0.590. The number of amides is 2. The van der Waals surface area contributed by atoms with Gasteiger partial charge in [0.25, 0.3) is 0 Å². The van der Waals surface area contributed by atoms with Crippen LogP contribution in [0, 0.1) is 11.2 Å². The largest absolute Gasteiger partial charge is 0.442 e. The van der Waals surface area contributed by atoms with Crippen molar-refractivity contribution in [2.24, 2.45) is 5.41 Å². The minimum Gasteiger partial charge on any atom is -0.442 e. The fourth-order valence-corrected chi connectivity index (χ4v) is 3.42. The highest BCUT2D eigenvalue weighted by Gasteiger charge is 2.32. The van der Waals surface area contributed by atoms with Crippen LogP contribution in [-0.2, 0) is 16.0 Å². The molecule has 2 amide bonds. The predicted molar refractivity (Wildman–Crippen MR) is 111 cm³/mol. The maximum atomic E-state index is 14.8. The van der Waals surface area contributed by atoms with Crippen molar-refractivity contribution < 1.29 is 18.7 Å². The van der Waals surface area contributed by atoms with Crippen LogP contribution in [0.5, 0.6) is 0 Å². The van der Waals surface area contributed by atoms with Crippen molar-refractivity contribution in [1.82, 2.24) is 5.32 Å². The molecule has 1 saturated heterocycles. The van der Waals surface area contributed by atoms with Crippen LogP contribution in [0.1, 0.15) is 33.3 Å². The minimum atomic E-state index is -0.543. The molecule has 1 aliphatic rings. The lowest BCUT2D eigenvalue weighted by atomic mass is 9.87. The molecule has 0 spiro atoms. The molecule has 1 atom stereocenters. The van der Waals surface area contributed by atoms with Gasteiger partial charge in [0.2, 0.25) is 5.91 Å². The van der Waals surface area contributed by atoms with Gasteiger partial charge in [-0.3, -0.25) is 9.69 Å². The van der Waals surface area contributed by atoms with Gasteiger partial charge < -0.3 is 10.1 Å². The first-order chi connectivity index (χ1) is 13.6. The number of hydrogen-bond acceptors (Lipinski definition) is 3. The lowest BCUT2D eigenvalue weighted by Gasteiger charge is -2.18. The van der Waals surface area contributed by atoms with E-state index in [1.54, 1.807) is 12.1 Å². The van der Waals surface area contributed by atoms with E-state index in [4.69, 9.17) is 4.74 Å². The summed E-state index contributed by atoms with van der Waals surface area (Å²) < 4.78 is 20.0. The highest BCUT2D eigenvalue weighted by molar-refractivity contribution is 5.90. The fourth-order valence-electron chi connectivity index (χ4n) is 3.42. The number of nitrogens with zero attached hydrogens (tertiary/aromatic N) is 1. The number of carbonyl (C=O) groups excluding carboxylic acids is 2. The average molecular weight is 398 g/mol. The van der Waals surface area contributed by atoms with Crippen molar-refractivity contribution in [3.63, 3.8) is 0 Å². The van der Waals surface area contributed by atoms with Crippen molar-refractivity contribution >= 4 is 17.7 Å². The second-order valence-corrected chi connectivity index (χ2v) is 8.65. The topological polar surface area (TPSA) is 58.6 Å². The standard InChI is InChI=1S/C23H27FN2O3/c1-15(27)25-13-19-14-26(22(28)29-19)18-9-10-20(21(24)11-18)17-7-5-16(6-8-17)12-23(2,3)4/h5-11,19H,12-14H2,1-4H3,(H,25,27). The summed E-state index contributed by atoms with van der Waals surface area (Å²) in [6, 6.07) is 12.6. The summed E-state index contributed by atoms with van der Waals surface area (Å²) in [4.78, 5) is 24.5. The highest BCUT2D eigenvalue weighted by Crippen LogP contribution is 2.30. The smallest absolute Gasteiger partial charge is 0.414 e. The number of carbonyl (C=O) groups is 2. The first kappa shape index (κ1) is 20.8. The van der Waals surface area contributed by atoms with E-state index >= 15 is 0 Å². The molecule has 5 nitrogen and oxygen atoms in total. The van der Waals surface area contributed by atoms with Gasteiger partial charge in [-0.1, -0.05) is 45.0 Å². The number of benzene rings is 2. The second kappa shape index (κ2) is 8.23. The van der Waals surface area contributed by atoms with Gasteiger partial charge in [-0.2, -0.15) is 0 Å². The number of rotatable bonds is 5. The van der Waals surface area contributed by atoms with Crippen LogP contribution >= 0.6 is 0 Å². The number of ether oxygens (including phenoxy) is 1. The minimum absolute atomic E-state index is 0.191. The van der Waals surface area contributed by atoms with E-state index in [9.17, 15) is 14.0 Å². The van der Waals surface area contributed by atoms with E-state index in [1.807, 2.05) is 24.3 Å². The molecule has 0 aliphatic carbocycles. The molecule has 1 fully saturated rings. The molecule has 1 unspecified atom stereocenters. The van der Waals surface area contributed by atoms with Gasteiger partial charge >= 0.3 is 6.09 Å². The molecule has 1 aliphatic heterocycles. The Labute approximate surface area is 170 Å². The third-order valence-electron chi connectivity index (χ3n) is 4.72. The van der Waals surface area contributed by atoms with E-state index in [0.717, 1.165) is 12.0 Å². The molecule has 2 aromatic rings. The van der Waals surface area contributed by atoms with E-state index in [1.165, 1.54) is 23.5 Å². The number of anilines is 1. The fraction of sp³-hybridized carbons (Fsp3) is 0.391. The predicted octanol–water partition coefficient (Wildman–Crippen LogP) is 4.54. The quantitative estimate of drug-likeness (QED) is 0.804.